The molecule has 88 valence electrons. The van der Waals surface area contributed by atoms with E-state index >= 15 is 0 Å². The molecule has 2 N–H and O–H groups in total. The van der Waals surface area contributed by atoms with Gasteiger partial charge in [0.15, 0.2) is 0 Å². The molecule has 1 aromatic carbocycles. The van der Waals surface area contributed by atoms with Crippen LogP contribution in [0.1, 0.15) is 10.4 Å². The molecule has 0 saturated heterocycles. The van der Waals surface area contributed by atoms with Crippen LogP contribution in [-0.4, -0.2) is 37.4 Å². The van der Waals surface area contributed by atoms with Crippen LogP contribution in [0.2, 0.25) is 0 Å². The van der Waals surface area contributed by atoms with Crippen LogP contribution in [0.25, 0.3) is 0 Å². The first-order chi connectivity index (χ1) is 7.67. The highest BCUT2D eigenvalue weighted by atomic mass is 19.1. The van der Waals surface area contributed by atoms with Crippen LogP contribution >= 0.6 is 0 Å². The van der Waals surface area contributed by atoms with Crippen LogP contribution in [0.4, 0.5) is 4.39 Å². The molecule has 1 rings (SSSR count). The molecule has 16 heavy (non-hydrogen) atoms. The number of aliphatic hydroxyl groups is 1. The summed E-state index contributed by atoms with van der Waals surface area (Å²) in [5.41, 5.74) is 0.343. The molecule has 0 fully saturated rings. The summed E-state index contributed by atoms with van der Waals surface area (Å²) in [5.74, 6) is -0.761. The number of ether oxygens (including phenoxy) is 1. The minimum absolute atomic E-state index is 0.208. The zero-order chi connectivity index (χ0) is 12.0. The minimum atomic E-state index is -0.456. The molecule has 0 aliphatic heterocycles. The van der Waals surface area contributed by atoms with Gasteiger partial charge in [0.05, 0.1) is 19.3 Å². The fourth-order valence-electron chi connectivity index (χ4n) is 1.21. The molecule has 0 bridgehead atoms. The molecule has 1 aromatic rings. The maximum Gasteiger partial charge on any atom is 0.251 e. The van der Waals surface area contributed by atoms with E-state index in [1.54, 1.807) is 0 Å². The third-order valence-corrected chi connectivity index (χ3v) is 2.03. The predicted molar refractivity (Wildman–Crippen MR) is 56.6 cm³/mol. The summed E-state index contributed by atoms with van der Waals surface area (Å²) < 4.78 is 17.4. The summed E-state index contributed by atoms with van der Waals surface area (Å²) >= 11 is 0. The van der Waals surface area contributed by atoms with Gasteiger partial charge in [-0.1, -0.05) is 0 Å². The number of carbonyl (C=O) groups excluding carboxylic acids is 1. The van der Waals surface area contributed by atoms with Crippen LogP contribution in [-0.2, 0) is 4.74 Å². The summed E-state index contributed by atoms with van der Waals surface area (Å²) in [6, 6.07) is 4.72. The van der Waals surface area contributed by atoms with Crippen molar-refractivity contribution in [2.75, 3.05) is 20.3 Å². The molecule has 0 spiro atoms. The van der Waals surface area contributed by atoms with Crippen LogP contribution in [0, 0.1) is 5.82 Å². The average Bonchev–Trinajstić information content (AvgIpc) is 2.29. The van der Waals surface area contributed by atoms with Crippen molar-refractivity contribution in [2.45, 2.75) is 6.04 Å². The molecule has 0 aliphatic carbocycles. The van der Waals surface area contributed by atoms with Crippen LogP contribution in [0.5, 0.6) is 0 Å². The van der Waals surface area contributed by atoms with Gasteiger partial charge in [-0.15, -0.1) is 0 Å². The molecule has 1 amide bonds. The lowest BCUT2D eigenvalue weighted by molar-refractivity contribution is 0.0839. The summed E-state index contributed by atoms with van der Waals surface area (Å²) in [6.07, 6.45) is 0. The molecule has 0 saturated carbocycles. The van der Waals surface area contributed by atoms with E-state index in [-0.39, 0.29) is 19.1 Å². The first kappa shape index (κ1) is 12.6. The molecular weight excluding hydrogens is 213 g/mol. The number of hydrogen-bond donors (Lipinski definition) is 2. The number of benzene rings is 1. The maximum absolute atomic E-state index is 12.6. The van der Waals surface area contributed by atoms with E-state index in [0.29, 0.717) is 5.56 Å². The van der Waals surface area contributed by atoms with E-state index in [2.05, 4.69) is 5.32 Å². The van der Waals surface area contributed by atoms with Crippen LogP contribution in [0.3, 0.4) is 0 Å². The van der Waals surface area contributed by atoms with Crippen molar-refractivity contribution in [3.8, 4) is 0 Å². The second-order valence-electron chi connectivity index (χ2n) is 3.32. The van der Waals surface area contributed by atoms with Gasteiger partial charge in [-0.05, 0) is 24.3 Å². The largest absolute Gasteiger partial charge is 0.394 e. The minimum Gasteiger partial charge on any atom is -0.394 e. The van der Waals surface area contributed by atoms with Gasteiger partial charge in [0.25, 0.3) is 5.91 Å². The van der Waals surface area contributed by atoms with Crippen molar-refractivity contribution in [3.05, 3.63) is 35.6 Å². The van der Waals surface area contributed by atoms with E-state index in [1.807, 2.05) is 0 Å². The lowest BCUT2D eigenvalue weighted by Gasteiger charge is -2.15. The van der Waals surface area contributed by atoms with Gasteiger partial charge in [0.2, 0.25) is 0 Å². The Morgan fingerprint density at radius 3 is 2.62 bits per heavy atom. The van der Waals surface area contributed by atoms with E-state index in [9.17, 15) is 9.18 Å². The summed E-state index contributed by atoms with van der Waals surface area (Å²) in [7, 11) is 1.48. The summed E-state index contributed by atoms with van der Waals surface area (Å²) in [6.45, 7) is 0.0181. The topological polar surface area (TPSA) is 58.6 Å². The number of methoxy groups -OCH3 is 1. The zero-order valence-corrected chi connectivity index (χ0v) is 8.94. The highest BCUT2D eigenvalue weighted by Gasteiger charge is 2.12. The Morgan fingerprint density at radius 1 is 1.50 bits per heavy atom. The van der Waals surface area contributed by atoms with E-state index in [0.717, 1.165) is 0 Å². The van der Waals surface area contributed by atoms with E-state index < -0.39 is 11.9 Å². The quantitative estimate of drug-likeness (QED) is 0.772. The number of amides is 1. The van der Waals surface area contributed by atoms with E-state index in [1.165, 1.54) is 31.4 Å². The van der Waals surface area contributed by atoms with Gasteiger partial charge >= 0.3 is 0 Å². The number of aliphatic hydroxyl groups excluding tert-OH is 1. The van der Waals surface area contributed by atoms with Gasteiger partial charge in [-0.2, -0.15) is 0 Å². The number of rotatable bonds is 5. The fraction of sp³-hybridized carbons (Fsp3) is 0.364. The third-order valence-electron chi connectivity index (χ3n) is 2.03. The van der Waals surface area contributed by atoms with Crippen molar-refractivity contribution in [1.82, 2.24) is 5.32 Å². The molecule has 0 aliphatic rings. The zero-order valence-electron chi connectivity index (χ0n) is 8.94. The van der Waals surface area contributed by atoms with Crippen LogP contribution in [0.15, 0.2) is 24.3 Å². The van der Waals surface area contributed by atoms with Gasteiger partial charge in [0, 0.05) is 12.7 Å². The second-order valence-corrected chi connectivity index (χ2v) is 3.32. The van der Waals surface area contributed by atoms with Crippen LogP contribution < -0.4 is 5.32 Å². The third kappa shape index (κ3) is 3.60. The SMILES string of the molecule is COCC(CO)NC(=O)c1ccc(F)cc1. The van der Waals surface area contributed by atoms with Gasteiger partial charge in [-0.25, -0.2) is 4.39 Å². The monoisotopic (exact) mass is 227 g/mol. The Bertz CT molecular complexity index is 340. The highest BCUT2D eigenvalue weighted by molar-refractivity contribution is 5.94. The summed E-state index contributed by atoms with van der Waals surface area (Å²) in [4.78, 5) is 11.6. The molecule has 5 heteroatoms. The molecule has 0 radical (unpaired) electrons. The lowest BCUT2D eigenvalue weighted by atomic mass is 10.2. The highest BCUT2D eigenvalue weighted by Crippen LogP contribution is 2.02. The summed E-state index contributed by atoms with van der Waals surface area (Å²) in [5, 5.41) is 11.5. The molecule has 1 unspecified atom stereocenters. The Labute approximate surface area is 93.0 Å². The molecular formula is C11H14FNO3. The van der Waals surface area contributed by atoms with Crippen molar-refractivity contribution in [3.63, 3.8) is 0 Å². The van der Waals surface area contributed by atoms with Gasteiger partial charge in [-0.3, -0.25) is 4.79 Å². The first-order valence-electron chi connectivity index (χ1n) is 4.83. The van der Waals surface area contributed by atoms with Crippen molar-refractivity contribution in [2.24, 2.45) is 0 Å². The normalized spacial score (nSPS) is 12.2. The van der Waals surface area contributed by atoms with Gasteiger partial charge < -0.3 is 15.2 Å². The first-order valence-corrected chi connectivity index (χ1v) is 4.83. The van der Waals surface area contributed by atoms with Crippen molar-refractivity contribution >= 4 is 5.91 Å². The number of hydrogen-bond acceptors (Lipinski definition) is 3. The molecule has 0 heterocycles. The fourth-order valence-corrected chi connectivity index (χ4v) is 1.21. The average molecular weight is 227 g/mol. The molecule has 0 aromatic heterocycles. The van der Waals surface area contributed by atoms with Gasteiger partial charge in [0.1, 0.15) is 5.82 Å². The Hall–Kier alpha value is -1.46. The number of nitrogens with one attached hydrogen (secondary N) is 1. The van der Waals surface area contributed by atoms with Crippen molar-refractivity contribution < 1.29 is 19.0 Å². The lowest BCUT2D eigenvalue weighted by Crippen LogP contribution is -2.40. The Balaban J connectivity index is 2.60. The second kappa shape index (κ2) is 6.19. The maximum atomic E-state index is 12.6. The van der Waals surface area contributed by atoms with Crippen molar-refractivity contribution in [1.29, 1.82) is 0 Å². The number of halogens is 1. The Morgan fingerprint density at radius 2 is 2.12 bits per heavy atom. The molecule has 4 nitrogen and oxygen atoms in total. The molecule has 1 atom stereocenters. The standard InChI is InChI=1S/C11H14FNO3/c1-16-7-10(6-14)13-11(15)8-2-4-9(12)5-3-8/h2-5,10,14H,6-7H2,1H3,(H,13,15). The smallest absolute Gasteiger partial charge is 0.251 e. The number of carbonyl (C=O) groups is 1. The van der Waals surface area contributed by atoms with E-state index in [4.69, 9.17) is 9.84 Å². The Kier molecular flexibility index (Phi) is 4.88. The predicted octanol–water partition coefficient (Wildman–Crippen LogP) is 0.563.